The van der Waals surface area contributed by atoms with Crippen LogP contribution in [0.15, 0.2) is 41.6 Å². The van der Waals surface area contributed by atoms with Crippen molar-refractivity contribution >= 4 is 40.3 Å². The van der Waals surface area contributed by atoms with E-state index in [0.29, 0.717) is 40.6 Å². The van der Waals surface area contributed by atoms with Crippen molar-refractivity contribution in [1.82, 2.24) is 4.90 Å². The maximum Gasteiger partial charge on any atom is 0.254 e. The highest BCUT2D eigenvalue weighted by Gasteiger charge is 2.29. The van der Waals surface area contributed by atoms with Gasteiger partial charge >= 0.3 is 0 Å². The molecule has 1 unspecified atom stereocenters. The Hall–Kier alpha value is -2.22. The number of ketones is 1. The second-order valence-corrected chi connectivity index (χ2v) is 9.58. The molecule has 164 valence electrons. The minimum absolute atomic E-state index is 0.0424. The number of halogens is 1. The number of ether oxygens (including phenoxy) is 1. The molecule has 2 aromatic rings. The molecule has 6 nitrogen and oxygen atoms in total. The first-order valence-electron chi connectivity index (χ1n) is 10.5. The van der Waals surface area contributed by atoms with Gasteiger partial charge < -0.3 is 14.5 Å². The largest absolute Gasteiger partial charge is 0.392 e. The van der Waals surface area contributed by atoms with Crippen LogP contribution in [0.3, 0.4) is 0 Å². The van der Waals surface area contributed by atoms with Crippen molar-refractivity contribution in [3.63, 3.8) is 0 Å². The standard InChI is InChI=1S/C23H25ClN2O4S/c1-29-14-17-3-2-12-26(17)23(28)16-6-4-15(5-7-16)19-13-18(30-25-19)8-9-20(27)21-10-11-22(24)31-21/h4-7,10-11,17-18H,2-3,8-9,12-14H2,1H3/t17-,18?/m1/s1. The fourth-order valence-corrected chi connectivity index (χ4v) is 5.08. The SMILES string of the molecule is COC[C@H]1CCCN1C(=O)c1ccc(C2=NOC(CCC(=O)c3ccc(Cl)s3)C2)cc1. The number of nitrogens with zero attached hydrogens (tertiary/aromatic N) is 2. The number of amides is 1. The maximum atomic E-state index is 12.9. The molecule has 2 atom stereocenters. The molecule has 1 saturated heterocycles. The number of hydrogen-bond acceptors (Lipinski definition) is 6. The van der Waals surface area contributed by atoms with Gasteiger partial charge in [0.05, 0.1) is 27.6 Å². The van der Waals surface area contributed by atoms with Crippen LogP contribution < -0.4 is 0 Å². The zero-order chi connectivity index (χ0) is 21.8. The topological polar surface area (TPSA) is 68.2 Å². The number of methoxy groups -OCH3 is 1. The van der Waals surface area contributed by atoms with Crippen LogP contribution in [0.5, 0.6) is 0 Å². The van der Waals surface area contributed by atoms with Crippen molar-refractivity contribution in [3.05, 3.63) is 56.7 Å². The van der Waals surface area contributed by atoms with Crippen LogP contribution in [0, 0.1) is 0 Å². The predicted octanol–water partition coefficient (Wildman–Crippen LogP) is 4.81. The summed E-state index contributed by atoms with van der Waals surface area (Å²) in [5.74, 6) is 0.117. The first-order valence-corrected chi connectivity index (χ1v) is 11.7. The lowest BCUT2D eigenvalue weighted by Gasteiger charge is -2.24. The molecule has 1 amide bonds. The van der Waals surface area contributed by atoms with Gasteiger partial charge in [0.15, 0.2) is 5.78 Å². The number of carbonyl (C=O) groups is 2. The van der Waals surface area contributed by atoms with Gasteiger partial charge in [0.25, 0.3) is 5.91 Å². The first kappa shape index (κ1) is 22.0. The molecule has 0 N–H and O–H groups in total. The van der Waals surface area contributed by atoms with E-state index in [1.165, 1.54) is 11.3 Å². The van der Waals surface area contributed by atoms with Crippen LogP contribution in [0.1, 0.15) is 57.7 Å². The van der Waals surface area contributed by atoms with Crippen LogP contribution in [-0.2, 0) is 9.57 Å². The maximum absolute atomic E-state index is 12.9. The number of rotatable bonds is 8. The molecule has 2 aliphatic rings. The molecule has 3 heterocycles. The number of thiophene rings is 1. The summed E-state index contributed by atoms with van der Waals surface area (Å²) in [5, 5.41) is 4.21. The third-order valence-corrected chi connectivity index (χ3v) is 7.01. The summed E-state index contributed by atoms with van der Waals surface area (Å²) >= 11 is 7.20. The fraction of sp³-hybridized carbons (Fsp3) is 0.435. The molecule has 1 aromatic heterocycles. The van der Waals surface area contributed by atoms with E-state index in [2.05, 4.69) is 5.16 Å². The van der Waals surface area contributed by atoms with E-state index in [1.807, 2.05) is 29.2 Å². The molecular weight excluding hydrogens is 436 g/mol. The van der Waals surface area contributed by atoms with E-state index in [4.69, 9.17) is 21.2 Å². The van der Waals surface area contributed by atoms with E-state index in [-0.39, 0.29) is 23.8 Å². The quantitative estimate of drug-likeness (QED) is 0.530. The lowest BCUT2D eigenvalue weighted by Crippen LogP contribution is -2.38. The predicted molar refractivity (Wildman–Crippen MR) is 121 cm³/mol. The molecule has 0 aliphatic carbocycles. The minimum Gasteiger partial charge on any atom is -0.392 e. The van der Waals surface area contributed by atoms with Crippen LogP contribution >= 0.6 is 22.9 Å². The van der Waals surface area contributed by atoms with Crippen molar-refractivity contribution in [2.45, 2.75) is 44.2 Å². The van der Waals surface area contributed by atoms with Crippen LogP contribution in [-0.4, -0.2) is 54.7 Å². The highest BCUT2D eigenvalue weighted by molar-refractivity contribution is 7.18. The van der Waals surface area contributed by atoms with Crippen molar-refractivity contribution in [2.24, 2.45) is 5.16 Å². The van der Waals surface area contributed by atoms with Gasteiger partial charge in [0, 0.05) is 32.1 Å². The molecular formula is C23H25ClN2O4S. The summed E-state index contributed by atoms with van der Waals surface area (Å²) in [6.07, 6.45) is 3.53. The van der Waals surface area contributed by atoms with Crippen molar-refractivity contribution in [3.8, 4) is 0 Å². The van der Waals surface area contributed by atoms with Gasteiger partial charge in [-0.2, -0.15) is 0 Å². The first-order chi connectivity index (χ1) is 15.0. The third kappa shape index (κ3) is 5.17. The Labute approximate surface area is 190 Å². The Morgan fingerprint density at radius 3 is 2.77 bits per heavy atom. The summed E-state index contributed by atoms with van der Waals surface area (Å²) in [5.41, 5.74) is 2.45. The summed E-state index contributed by atoms with van der Waals surface area (Å²) < 4.78 is 5.87. The van der Waals surface area contributed by atoms with Gasteiger partial charge in [-0.3, -0.25) is 9.59 Å². The Bertz CT molecular complexity index is 972. The van der Waals surface area contributed by atoms with E-state index >= 15 is 0 Å². The van der Waals surface area contributed by atoms with Gasteiger partial charge in [0.2, 0.25) is 0 Å². The average molecular weight is 461 g/mol. The Balaban J connectivity index is 1.30. The summed E-state index contributed by atoms with van der Waals surface area (Å²) in [6, 6.07) is 11.2. The number of oxime groups is 1. The molecule has 0 radical (unpaired) electrons. The van der Waals surface area contributed by atoms with E-state index in [9.17, 15) is 9.59 Å². The lowest BCUT2D eigenvalue weighted by atomic mass is 10.00. The molecule has 0 bridgehead atoms. The van der Waals surface area contributed by atoms with Gasteiger partial charge in [0.1, 0.15) is 6.10 Å². The molecule has 1 fully saturated rings. The zero-order valence-corrected chi connectivity index (χ0v) is 19.0. The molecule has 2 aliphatic heterocycles. The highest BCUT2D eigenvalue weighted by atomic mass is 35.5. The van der Waals surface area contributed by atoms with Crippen LogP contribution in [0.2, 0.25) is 4.34 Å². The summed E-state index contributed by atoms with van der Waals surface area (Å²) in [4.78, 5) is 33.2. The number of carbonyl (C=O) groups excluding carboxylic acids is 2. The molecule has 8 heteroatoms. The smallest absolute Gasteiger partial charge is 0.254 e. The van der Waals surface area contributed by atoms with E-state index in [0.717, 1.165) is 30.7 Å². The van der Waals surface area contributed by atoms with Crippen molar-refractivity contribution in [2.75, 3.05) is 20.3 Å². The minimum atomic E-state index is -0.116. The Kier molecular flexibility index (Phi) is 7.05. The van der Waals surface area contributed by atoms with E-state index < -0.39 is 0 Å². The lowest BCUT2D eigenvalue weighted by molar-refractivity contribution is 0.0630. The van der Waals surface area contributed by atoms with Gasteiger partial charge in [-0.25, -0.2) is 0 Å². The molecule has 0 saturated carbocycles. The Morgan fingerprint density at radius 2 is 2.06 bits per heavy atom. The molecule has 0 spiro atoms. The second-order valence-electron chi connectivity index (χ2n) is 7.86. The summed E-state index contributed by atoms with van der Waals surface area (Å²) in [7, 11) is 1.67. The van der Waals surface area contributed by atoms with Crippen molar-refractivity contribution in [1.29, 1.82) is 0 Å². The van der Waals surface area contributed by atoms with Gasteiger partial charge in [-0.15, -0.1) is 11.3 Å². The fourth-order valence-electron chi connectivity index (χ4n) is 4.07. The van der Waals surface area contributed by atoms with Crippen LogP contribution in [0.25, 0.3) is 0 Å². The molecule has 31 heavy (non-hydrogen) atoms. The number of likely N-dealkylation sites (tertiary alicyclic amines) is 1. The monoisotopic (exact) mass is 460 g/mol. The number of Topliss-reactive ketones (excluding diaryl/α,β-unsaturated/α-hetero) is 1. The Morgan fingerprint density at radius 1 is 1.26 bits per heavy atom. The molecule has 1 aromatic carbocycles. The number of benzene rings is 1. The molecule has 4 rings (SSSR count). The number of hydrogen-bond donors (Lipinski definition) is 0. The average Bonchev–Trinajstić information content (AvgIpc) is 3.53. The van der Waals surface area contributed by atoms with Crippen molar-refractivity contribution < 1.29 is 19.2 Å². The van der Waals surface area contributed by atoms with Gasteiger partial charge in [-0.1, -0.05) is 28.9 Å². The normalized spacial score (nSPS) is 20.6. The highest BCUT2D eigenvalue weighted by Crippen LogP contribution is 2.26. The van der Waals surface area contributed by atoms with E-state index in [1.54, 1.807) is 19.2 Å². The van der Waals surface area contributed by atoms with Crippen LogP contribution in [0.4, 0.5) is 0 Å². The second kappa shape index (κ2) is 9.94. The summed E-state index contributed by atoms with van der Waals surface area (Å²) in [6.45, 7) is 1.34. The van der Waals surface area contributed by atoms with Gasteiger partial charge in [-0.05, 0) is 49.1 Å². The zero-order valence-electron chi connectivity index (χ0n) is 17.4. The third-order valence-electron chi connectivity index (χ3n) is 5.74.